The van der Waals surface area contributed by atoms with Crippen LogP contribution in [0.5, 0.6) is 0 Å². The second-order valence-corrected chi connectivity index (χ2v) is 5.46. The quantitative estimate of drug-likeness (QED) is 0.852. The fourth-order valence-corrected chi connectivity index (χ4v) is 2.61. The number of thioether (sulfide) groups is 1. The molecule has 1 amide bonds. The lowest BCUT2D eigenvalue weighted by atomic mass is 10.1. The highest BCUT2D eigenvalue weighted by Crippen LogP contribution is 2.22. The van der Waals surface area contributed by atoms with Crippen molar-refractivity contribution in [3.8, 4) is 0 Å². The molecular weight excluding hydrogens is 268 g/mol. The van der Waals surface area contributed by atoms with Crippen LogP contribution in [0.15, 0.2) is 47.6 Å². The van der Waals surface area contributed by atoms with Crippen LogP contribution in [-0.2, 0) is 11.2 Å². The maximum Gasteiger partial charge on any atom is 0.234 e. The lowest BCUT2D eigenvalue weighted by molar-refractivity contribution is -0.113. The number of carbonyl (C=O) groups excluding carboxylic acids is 1. The highest BCUT2D eigenvalue weighted by molar-refractivity contribution is 7.99. The number of aryl methyl sites for hydroxylation is 2. The van der Waals surface area contributed by atoms with E-state index in [1.54, 1.807) is 6.20 Å². The van der Waals surface area contributed by atoms with E-state index in [-0.39, 0.29) is 5.91 Å². The number of para-hydroxylation sites is 1. The predicted molar refractivity (Wildman–Crippen MR) is 84.1 cm³/mol. The van der Waals surface area contributed by atoms with Gasteiger partial charge in [0.05, 0.1) is 10.8 Å². The number of aromatic nitrogens is 1. The molecule has 0 unspecified atom stereocenters. The Hall–Kier alpha value is -1.81. The zero-order valence-corrected chi connectivity index (χ0v) is 12.5. The van der Waals surface area contributed by atoms with E-state index in [4.69, 9.17) is 0 Å². The molecule has 0 radical (unpaired) electrons. The second kappa shape index (κ2) is 7.10. The van der Waals surface area contributed by atoms with Crippen LogP contribution in [0.2, 0.25) is 0 Å². The summed E-state index contributed by atoms with van der Waals surface area (Å²) in [4.78, 5) is 16.2. The summed E-state index contributed by atoms with van der Waals surface area (Å²) in [6, 6.07) is 11.8. The van der Waals surface area contributed by atoms with Gasteiger partial charge in [-0.2, -0.15) is 0 Å². The van der Waals surface area contributed by atoms with Crippen LogP contribution in [0, 0.1) is 6.92 Å². The van der Waals surface area contributed by atoms with Gasteiger partial charge in [-0.3, -0.25) is 4.79 Å². The third kappa shape index (κ3) is 3.84. The van der Waals surface area contributed by atoms with E-state index in [1.807, 2.05) is 37.3 Å². The monoisotopic (exact) mass is 286 g/mol. The van der Waals surface area contributed by atoms with Crippen molar-refractivity contribution in [2.45, 2.75) is 25.3 Å². The Morgan fingerprint density at radius 3 is 2.80 bits per heavy atom. The summed E-state index contributed by atoms with van der Waals surface area (Å²) in [6.07, 6.45) is 2.64. The number of pyridine rings is 1. The highest BCUT2D eigenvalue weighted by atomic mass is 32.2. The first-order chi connectivity index (χ1) is 9.70. The molecule has 104 valence electrons. The molecule has 0 saturated heterocycles. The van der Waals surface area contributed by atoms with Gasteiger partial charge in [-0.05, 0) is 36.6 Å². The number of amides is 1. The summed E-state index contributed by atoms with van der Waals surface area (Å²) >= 11 is 1.44. The maximum atomic E-state index is 12.0. The van der Waals surface area contributed by atoms with Gasteiger partial charge < -0.3 is 5.32 Å². The predicted octanol–water partition coefficient (Wildman–Crippen LogP) is 3.68. The molecule has 0 atom stereocenters. The Balaban J connectivity index is 1.98. The maximum absolute atomic E-state index is 12.0. The largest absolute Gasteiger partial charge is 0.325 e. The molecule has 0 aliphatic rings. The van der Waals surface area contributed by atoms with Gasteiger partial charge in [-0.1, -0.05) is 43.0 Å². The fourth-order valence-electron chi connectivity index (χ4n) is 1.95. The third-order valence-electron chi connectivity index (χ3n) is 2.99. The molecule has 0 bridgehead atoms. The van der Waals surface area contributed by atoms with Crippen molar-refractivity contribution in [2.24, 2.45) is 0 Å². The summed E-state index contributed by atoms with van der Waals surface area (Å²) in [5.41, 5.74) is 3.21. The van der Waals surface area contributed by atoms with E-state index < -0.39 is 0 Å². The van der Waals surface area contributed by atoms with Gasteiger partial charge in [0.2, 0.25) is 5.91 Å². The van der Waals surface area contributed by atoms with E-state index in [0.717, 1.165) is 22.7 Å². The van der Waals surface area contributed by atoms with E-state index in [0.29, 0.717) is 5.75 Å². The fraction of sp³-hybridized carbons (Fsp3) is 0.250. The molecule has 1 heterocycles. The molecule has 1 aromatic carbocycles. The molecule has 0 fully saturated rings. The Morgan fingerprint density at radius 1 is 1.25 bits per heavy atom. The minimum absolute atomic E-state index is 0.00431. The summed E-state index contributed by atoms with van der Waals surface area (Å²) in [5, 5.41) is 3.88. The Kier molecular flexibility index (Phi) is 5.18. The Morgan fingerprint density at radius 2 is 2.10 bits per heavy atom. The number of rotatable bonds is 5. The number of nitrogens with zero attached hydrogens (tertiary/aromatic N) is 1. The van der Waals surface area contributed by atoms with Crippen LogP contribution in [0.25, 0.3) is 0 Å². The molecule has 3 nitrogen and oxygen atoms in total. The molecule has 2 rings (SSSR count). The average Bonchev–Trinajstić information content (AvgIpc) is 2.48. The highest BCUT2D eigenvalue weighted by Gasteiger charge is 2.09. The van der Waals surface area contributed by atoms with E-state index in [2.05, 4.69) is 23.3 Å². The first kappa shape index (κ1) is 14.6. The molecule has 0 aliphatic heterocycles. The van der Waals surface area contributed by atoms with Crippen LogP contribution in [-0.4, -0.2) is 16.6 Å². The number of benzene rings is 1. The van der Waals surface area contributed by atoms with E-state index >= 15 is 0 Å². The van der Waals surface area contributed by atoms with Gasteiger partial charge in [0, 0.05) is 11.9 Å². The summed E-state index contributed by atoms with van der Waals surface area (Å²) < 4.78 is 0. The number of carbonyl (C=O) groups is 1. The molecular formula is C16H18N2OS. The van der Waals surface area contributed by atoms with Gasteiger partial charge in [-0.25, -0.2) is 4.98 Å². The van der Waals surface area contributed by atoms with E-state index in [1.165, 1.54) is 17.3 Å². The molecule has 0 spiro atoms. The minimum atomic E-state index is 0.00431. The molecule has 0 aliphatic carbocycles. The first-order valence-corrected chi connectivity index (χ1v) is 7.61. The second-order valence-electron chi connectivity index (χ2n) is 4.47. The van der Waals surface area contributed by atoms with Crippen LogP contribution in [0.3, 0.4) is 0 Å². The average molecular weight is 286 g/mol. The van der Waals surface area contributed by atoms with Crippen molar-refractivity contribution < 1.29 is 4.79 Å². The van der Waals surface area contributed by atoms with Crippen LogP contribution in [0.4, 0.5) is 5.69 Å². The molecule has 20 heavy (non-hydrogen) atoms. The molecule has 1 N–H and O–H groups in total. The van der Waals surface area contributed by atoms with Gasteiger partial charge in [0.1, 0.15) is 0 Å². The zero-order chi connectivity index (χ0) is 14.4. The molecule has 4 heteroatoms. The number of hydrogen-bond donors (Lipinski definition) is 1. The van der Waals surface area contributed by atoms with Gasteiger partial charge in [-0.15, -0.1) is 0 Å². The summed E-state index contributed by atoms with van der Waals surface area (Å²) in [5.74, 6) is 0.374. The van der Waals surface area contributed by atoms with Crippen molar-refractivity contribution in [3.05, 3.63) is 53.7 Å². The van der Waals surface area contributed by atoms with Crippen LogP contribution in [0.1, 0.15) is 18.1 Å². The van der Waals surface area contributed by atoms with Crippen molar-refractivity contribution in [2.75, 3.05) is 11.1 Å². The Bertz CT molecular complexity index is 584. The number of hydrogen-bond acceptors (Lipinski definition) is 3. The standard InChI is InChI=1S/C16H18N2OS/c1-3-13-8-6-7-12(2)16(13)18-14(19)11-20-15-9-4-5-10-17-15/h4-10H,3,11H2,1-2H3,(H,18,19). The van der Waals surface area contributed by atoms with Crippen LogP contribution >= 0.6 is 11.8 Å². The van der Waals surface area contributed by atoms with Crippen molar-refractivity contribution in [1.29, 1.82) is 0 Å². The summed E-state index contributed by atoms with van der Waals surface area (Å²) in [7, 11) is 0. The topological polar surface area (TPSA) is 42.0 Å². The van der Waals surface area contributed by atoms with Gasteiger partial charge >= 0.3 is 0 Å². The van der Waals surface area contributed by atoms with Crippen molar-refractivity contribution in [1.82, 2.24) is 4.98 Å². The van der Waals surface area contributed by atoms with Crippen molar-refractivity contribution in [3.63, 3.8) is 0 Å². The third-order valence-corrected chi connectivity index (χ3v) is 3.94. The van der Waals surface area contributed by atoms with Gasteiger partial charge in [0.15, 0.2) is 0 Å². The van der Waals surface area contributed by atoms with Crippen molar-refractivity contribution >= 4 is 23.4 Å². The smallest absolute Gasteiger partial charge is 0.234 e. The summed E-state index contributed by atoms with van der Waals surface area (Å²) in [6.45, 7) is 4.10. The molecule has 0 saturated carbocycles. The first-order valence-electron chi connectivity index (χ1n) is 6.63. The molecule has 2 aromatic rings. The van der Waals surface area contributed by atoms with E-state index in [9.17, 15) is 4.79 Å². The minimum Gasteiger partial charge on any atom is -0.325 e. The lowest BCUT2D eigenvalue weighted by Gasteiger charge is -2.12. The Labute approximate surface area is 123 Å². The zero-order valence-electron chi connectivity index (χ0n) is 11.7. The SMILES string of the molecule is CCc1cccc(C)c1NC(=O)CSc1ccccn1. The normalized spacial score (nSPS) is 10.3. The van der Waals surface area contributed by atoms with Crippen LogP contribution < -0.4 is 5.32 Å². The lowest BCUT2D eigenvalue weighted by Crippen LogP contribution is -2.16. The number of anilines is 1. The molecule has 1 aromatic heterocycles. The van der Waals surface area contributed by atoms with Gasteiger partial charge in [0.25, 0.3) is 0 Å². The number of nitrogens with one attached hydrogen (secondary N) is 1.